The largest absolute Gasteiger partial charge is 0.292 e. The van der Waals surface area contributed by atoms with Gasteiger partial charge in [0.1, 0.15) is 11.0 Å². The minimum atomic E-state index is -0.114. The van der Waals surface area contributed by atoms with Crippen molar-refractivity contribution in [2.45, 2.75) is 34.2 Å². The first-order valence-corrected chi connectivity index (χ1v) is 6.57. The van der Waals surface area contributed by atoms with E-state index in [9.17, 15) is 4.79 Å². The van der Waals surface area contributed by atoms with Gasteiger partial charge in [0, 0.05) is 6.07 Å². The van der Waals surface area contributed by atoms with E-state index in [1.165, 1.54) is 28.3 Å². The molecule has 0 aliphatic rings. The minimum absolute atomic E-state index is 0.114. The number of hydrogen-bond acceptors (Lipinski definition) is 2. The summed E-state index contributed by atoms with van der Waals surface area (Å²) in [4.78, 5) is 16.1. The van der Waals surface area contributed by atoms with Gasteiger partial charge in [-0.15, -0.1) is 0 Å². The van der Waals surface area contributed by atoms with Crippen LogP contribution in [0.1, 0.15) is 28.1 Å². The molecule has 0 N–H and O–H groups in total. The van der Waals surface area contributed by atoms with Gasteiger partial charge in [0.15, 0.2) is 0 Å². The Kier molecular flexibility index (Phi) is 3.76. The predicted molar refractivity (Wildman–Crippen MR) is 78.0 cm³/mol. The zero-order valence-corrected chi connectivity index (χ0v) is 12.4. The van der Waals surface area contributed by atoms with Crippen molar-refractivity contribution in [3.63, 3.8) is 0 Å². The predicted octanol–water partition coefficient (Wildman–Crippen LogP) is 3.18. The van der Waals surface area contributed by atoms with Crippen LogP contribution < -0.4 is 5.56 Å². The lowest BCUT2D eigenvalue weighted by Crippen LogP contribution is -2.24. The van der Waals surface area contributed by atoms with Gasteiger partial charge in [0.05, 0.1) is 6.54 Å². The first kappa shape index (κ1) is 13.8. The number of hydrogen-bond donors (Lipinski definition) is 0. The second-order valence-electron chi connectivity index (χ2n) is 4.93. The minimum Gasteiger partial charge on any atom is -0.292 e. The van der Waals surface area contributed by atoms with Gasteiger partial charge in [-0.25, -0.2) is 4.98 Å². The second-order valence-corrected chi connectivity index (χ2v) is 5.31. The quantitative estimate of drug-likeness (QED) is 0.790. The van der Waals surface area contributed by atoms with E-state index in [4.69, 9.17) is 11.6 Å². The first-order valence-electron chi connectivity index (χ1n) is 6.19. The lowest BCUT2D eigenvalue weighted by atomic mass is 10.00. The van der Waals surface area contributed by atoms with Crippen molar-refractivity contribution in [1.82, 2.24) is 9.55 Å². The Morgan fingerprint density at radius 2 is 1.68 bits per heavy atom. The van der Waals surface area contributed by atoms with E-state index in [0.29, 0.717) is 12.4 Å². The van der Waals surface area contributed by atoms with E-state index in [0.717, 1.165) is 0 Å². The van der Waals surface area contributed by atoms with Crippen LogP contribution >= 0.6 is 11.6 Å². The van der Waals surface area contributed by atoms with E-state index in [1.807, 2.05) is 0 Å². The van der Waals surface area contributed by atoms with E-state index in [2.05, 4.69) is 37.9 Å². The van der Waals surface area contributed by atoms with Gasteiger partial charge >= 0.3 is 0 Å². The standard InChI is InChI=1S/C15H17ClN2O/c1-9-5-10(2)13(11(3)6-9)8-18-12(4)17-14(16)7-15(18)19/h5-7H,8H2,1-4H3. The molecular formula is C15H17ClN2O. The number of benzene rings is 1. The fraction of sp³-hybridized carbons (Fsp3) is 0.333. The zero-order valence-electron chi connectivity index (χ0n) is 11.6. The van der Waals surface area contributed by atoms with E-state index in [-0.39, 0.29) is 10.7 Å². The summed E-state index contributed by atoms with van der Waals surface area (Å²) in [7, 11) is 0. The Labute approximate surface area is 117 Å². The topological polar surface area (TPSA) is 34.9 Å². The van der Waals surface area contributed by atoms with Crippen LogP contribution in [-0.2, 0) is 6.54 Å². The van der Waals surface area contributed by atoms with Crippen LogP contribution in [0.4, 0.5) is 0 Å². The Balaban J connectivity index is 2.51. The molecule has 3 nitrogen and oxygen atoms in total. The molecule has 0 aliphatic heterocycles. The van der Waals surface area contributed by atoms with Gasteiger partial charge in [-0.3, -0.25) is 9.36 Å². The third-order valence-corrected chi connectivity index (χ3v) is 3.52. The molecule has 0 unspecified atom stereocenters. The molecule has 1 aromatic carbocycles. The Morgan fingerprint density at radius 1 is 1.11 bits per heavy atom. The molecule has 4 heteroatoms. The van der Waals surface area contributed by atoms with Crippen molar-refractivity contribution < 1.29 is 0 Å². The van der Waals surface area contributed by atoms with Gasteiger partial charge in [-0.05, 0) is 44.4 Å². The van der Waals surface area contributed by atoms with Crippen LogP contribution in [0, 0.1) is 27.7 Å². The molecule has 0 saturated heterocycles. The summed E-state index contributed by atoms with van der Waals surface area (Å²) >= 11 is 5.78. The molecular weight excluding hydrogens is 260 g/mol. The van der Waals surface area contributed by atoms with Crippen LogP contribution in [0.2, 0.25) is 5.15 Å². The van der Waals surface area contributed by atoms with E-state index >= 15 is 0 Å². The van der Waals surface area contributed by atoms with Crippen LogP contribution in [-0.4, -0.2) is 9.55 Å². The third-order valence-electron chi connectivity index (χ3n) is 3.32. The van der Waals surface area contributed by atoms with Crippen molar-refractivity contribution in [2.75, 3.05) is 0 Å². The maximum absolute atomic E-state index is 12.0. The molecule has 0 atom stereocenters. The summed E-state index contributed by atoms with van der Waals surface area (Å²) in [6.45, 7) is 8.54. The zero-order chi connectivity index (χ0) is 14.2. The number of aryl methyl sites for hydroxylation is 4. The molecule has 0 amide bonds. The third kappa shape index (κ3) is 2.87. The highest BCUT2D eigenvalue weighted by molar-refractivity contribution is 6.29. The molecule has 2 aromatic rings. The Hall–Kier alpha value is -1.61. The Bertz CT molecular complexity index is 666. The number of rotatable bonds is 2. The van der Waals surface area contributed by atoms with Crippen molar-refractivity contribution >= 4 is 11.6 Å². The SMILES string of the molecule is Cc1cc(C)c(Cn2c(C)nc(Cl)cc2=O)c(C)c1. The summed E-state index contributed by atoms with van der Waals surface area (Å²) in [5.74, 6) is 0.636. The van der Waals surface area contributed by atoms with Gasteiger partial charge in [0.2, 0.25) is 0 Å². The van der Waals surface area contributed by atoms with Crippen molar-refractivity contribution in [3.8, 4) is 0 Å². The molecule has 0 saturated carbocycles. The fourth-order valence-electron chi connectivity index (χ4n) is 2.40. The number of nitrogens with zero attached hydrogens (tertiary/aromatic N) is 2. The van der Waals surface area contributed by atoms with E-state index in [1.54, 1.807) is 11.5 Å². The molecule has 2 rings (SSSR count). The highest BCUT2D eigenvalue weighted by Gasteiger charge is 2.09. The van der Waals surface area contributed by atoms with Gasteiger partial charge < -0.3 is 0 Å². The van der Waals surface area contributed by atoms with Gasteiger partial charge in [-0.2, -0.15) is 0 Å². The van der Waals surface area contributed by atoms with Gasteiger partial charge in [-0.1, -0.05) is 29.3 Å². The average Bonchev–Trinajstić information content (AvgIpc) is 2.25. The molecule has 0 bridgehead atoms. The van der Waals surface area contributed by atoms with Gasteiger partial charge in [0.25, 0.3) is 5.56 Å². The first-order chi connectivity index (χ1) is 8.88. The molecule has 0 radical (unpaired) electrons. The molecule has 19 heavy (non-hydrogen) atoms. The monoisotopic (exact) mass is 276 g/mol. The second kappa shape index (κ2) is 5.17. The average molecular weight is 277 g/mol. The molecule has 0 spiro atoms. The highest BCUT2D eigenvalue weighted by Crippen LogP contribution is 2.17. The smallest absolute Gasteiger partial charge is 0.255 e. The molecule has 1 heterocycles. The normalized spacial score (nSPS) is 10.8. The molecule has 0 aliphatic carbocycles. The van der Waals surface area contributed by atoms with Crippen molar-refractivity contribution in [2.24, 2.45) is 0 Å². The summed E-state index contributed by atoms with van der Waals surface area (Å²) in [5, 5.41) is 0.246. The Morgan fingerprint density at radius 3 is 2.21 bits per heavy atom. The number of aromatic nitrogens is 2. The molecule has 0 fully saturated rings. The van der Waals surface area contributed by atoms with Crippen LogP contribution in [0.25, 0.3) is 0 Å². The summed E-state index contributed by atoms with van der Waals surface area (Å²) in [5.41, 5.74) is 4.67. The molecule has 1 aromatic heterocycles. The van der Waals surface area contributed by atoms with Crippen LogP contribution in [0.15, 0.2) is 23.0 Å². The van der Waals surface area contributed by atoms with Crippen LogP contribution in [0.5, 0.6) is 0 Å². The van der Waals surface area contributed by atoms with Crippen LogP contribution in [0.3, 0.4) is 0 Å². The van der Waals surface area contributed by atoms with E-state index < -0.39 is 0 Å². The summed E-state index contributed by atoms with van der Waals surface area (Å²) in [6, 6.07) is 5.62. The lowest BCUT2D eigenvalue weighted by Gasteiger charge is -2.14. The number of halogens is 1. The maximum atomic E-state index is 12.0. The van der Waals surface area contributed by atoms with Crippen molar-refractivity contribution in [1.29, 1.82) is 0 Å². The molecule has 100 valence electrons. The lowest BCUT2D eigenvalue weighted by molar-refractivity contribution is 0.694. The maximum Gasteiger partial charge on any atom is 0.255 e. The summed E-state index contributed by atoms with van der Waals surface area (Å²) < 4.78 is 1.65. The summed E-state index contributed by atoms with van der Waals surface area (Å²) in [6.07, 6.45) is 0. The fourth-order valence-corrected chi connectivity index (χ4v) is 2.61. The highest BCUT2D eigenvalue weighted by atomic mass is 35.5. The van der Waals surface area contributed by atoms with Crippen molar-refractivity contribution in [3.05, 3.63) is 61.8 Å².